The van der Waals surface area contributed by atoms with Crippen LogP contribution in [-0.4, -0.2) is 26.4 Å². The number of nitrogens with two attached hydrogens (primary N) is 1. The number of nitrogen functional groups attached to an aromatic ring is 1. The Morgan fingerprint density at radius 1 is 1.00 bits per heavy atom. The molecule has 30 heavy (non-hydrogen) atoms. The van der Waals surface area contributed by atoms with Gasteiger partial charge >= 0.3 is 0 Å². The van der Waals surface area contributed by atoms with Gasteiger partial charge in [0.25, 0.3) is 0 Å². The van der Waals surface area contributed by atoms with E-state index in [1.165, 1.54) is 28.1 Å². The van der Waals surface area contributed by atoms with Crippen molar-refractivity contribution in [2.24, 2.45) is 0 Å². The predicted octanol–water partition coefficient (Wildman–Crippen LogP) is 5.25. The summed E-state index contributed by atoms with van der Waals surface area (Å²) in [5, 5.41) is 11.6. The lowest BCUT2D eigenvalue weighted by Crippen LogP contribution is -2.14. The number of aromatic nitrogens is 3. The number of benzene rings is 3. The van der Waals surface area contributed by atoms with Crippen LogP contribution in [-0.2, 0) is 6.42 Å². The summed E-state index contributed by atoms with van der Waals surface area (Å²) in [6, 6.07) is 22.0. The van der Waals surface area contributed by atoms with Crippen LogP contribution < -0.4 is 5.84 Å². The first-order valence-corrected chi connectivity index (χ1v) is 11.5. The SMILES string of the molecule is Nn1c(Cc2cccc3ccccc23)nnc1SCCCC(=O)c1ccc(Br)cc1. The van der Waals surface area contributed by atoms with E-state index in [4.69, 9.17) is 5.84 Å². The van der Waals surface area contributed by atoms with Crippen LogP contribution >= 0.6 is 27.7 Å². The Kier molecular flexibility index (Phi) is 6.50. The molecule has 0 aliphatic carbocycles. The third kappa shape index (κ3) is 4.74. The highest BCUT2D eigenvalue weighted by atomic mass is 79.9. The lowest BCUT2D eigenvalue weighted by atomic mass is 10.0. The van der Waals surface area contributed by atoms with Gasteiger partial charge in [-0.05, 0) is 34.9 Å². The summed E-state index contributed by atoms with van der Waals surface area (Å²) in [5.41, 5.74) is 1.91. The molecule has 152 valence electrons. The van der Waals surface area contributed by atoms with E-state index in [2.05, 4.69) is 50.4 Å². The van der Waals surface area contributed by atoms with Crippen molar-refractivity contribution in [2.75, 3.05) is 11.6 Å². The molecule has 1 heterocycles. The number of ketones is 1. The molecular formula is C23H21BrN4OS. The molecule has 0 amide bonds. The maximum Gasteiger partial charge on any atom is 0.209 e. The fraction of sp³-hybridized carbons (Fsp3) is 0.174. The van der Waals surface area contributed by atoms with Crippen molar-refractivity contribution >= 4 is 44.2 Å². The van der Waals surface area contributed by atoms with Gasteiger partial charge in [-0.15, -0.1) is 10.2 Å². The van der Waals surface area contributed by atoms with Gasteiger partial charge in [-0.1, -0.05) is 82.3 Å². The molecule has 7 heteroatoms. The van der Waals surface area contributed by atoms with Gasteiger partial charge in [-0.3, -0.25) is 4.79 Å². The molecule has 4 aromatic rings. The summed E-state index contributed by atoms with van der Waals surface area (Å²) in [6.07, 6.45) is 1.87. The second-order valence-electron chi connectivity index (χ2n) is 6.97. The number of Topliss-reactive ketones (excluding diaryl/α,β-unsaturated/α-hetero) is 1. The first-order valence-electron chi connectivity index (χ1n) is 9.69. The van der Waals surface area contributed by atoms with E-state index in [9.17, 15) is 4.79 Å². The summed E-state index contributed by atoms with van der Waals surface area (Å²) < 4.78 is 2.53. The Morgan fingerprint density at radius 2 is 1.77 bits per heavy atom. The molecule has 1 aromatic heterocycles. The molecule has 0 atom stereocenters. The van der Waals surface area contributed by atoms with Gasteiger partial charge < -0.3 is 5.84 Å². The highest BCUT2D eigenvalue weighted by Gasteiger charge is 2.13. The number of carbonyl (C=O) groups is 1. The van der Waals surface area contributed by atoms with Crippen molar-refractivity contribution in [3.05, 3.63) is 88.2 Å². The van der Waals surface area contributed by atoms with Crippen LogP contribution in [0.4, 0.5) is 0 Å². The first kappa shape index (κ1) is 20.6. The average Bonchev–Trinajstić information content (AvgIpc) is 3.11. The van der Waals surface area contributed by atoms with Gasteiger partial charge in [-0.2, -0.15) is 0 Å². The number of thioether (sulfide) groups is 1. The number of fused-ring (bicyclic) bond motifs is 1. The molecule has 0 aliphatic rings. The number of hydrogen-bond acceptors (Lipinski definition) is 5. The minimum Gasteiger partial charge on any atom is -0.336 e. The lowest BCUT2D eigenvalue weighted by molar-refractivity contribution is 0.0982. The zero-order valence-electron chi connectivity index (χ0n) is 16.3. The van der Waals surface area contributed by atoms with Gasteiger partial charge in [-0.25, -0.2) is 4.68 Å². The Morgan fingerprint density at radius 3 is 2.60 bits per heavy atom. The Bertz CT molecular complexity index is 1170. The van der Waals surface area contributed by atoms with Crippen LogP contribution in [0.5, 0.6) is 0 Å². The summed E-state index contributed by atoms with van der Waals surface area (Å²) >= 11 is 4.91. The fourth-order valence-corrected chi connectivity index (χ4v) is 4.40. The molecule has 0 saturated carbocycles. The van der Waals surface area contributed by atoms with Gasteiger partial charge in [0.15, 0.2) is 11.6 Å². The van der Waals surface area contributed by atoms with Gasteiger partial charge in [0, 0.05) is 28.6 Å². The Labute approximate surface area is 187 Å². The lowest BCUT2D eigenvalue weighted by Gasteiger charge is -2.07. The highest BCUT2D eigenvalue weighted by molar-refractivity contribution is 9.10. The van der Waals surface area contributed by atoms with Crippen molar-refractivity contribution in [3.63, 3.8) is 0 Å². The number of halogens is 1. The van der Waals surface area contributed by atoms with Gasteiger partial charge in [0.2, 0.25) is 5.16 Å². The molecule has 3 aromatic carbocycles. The molecule has 0 unspecified atom stereocenters. The van der Waals surface area contributed by atoms with Gasteiger partial charge in [0.1, 0.15) is 0 Å². The number of nitrogens with zero attached hydrogens (tertiary/aromatic N) is 3. The fourth-order valence-electron chi connectivity index (χ4n) is 3.32. The third-order valence-corrected chi connectivity index (χ3v) is 6.47. The molecule has 0 radical (unpaired) electrons. The van der Waals surface area contributed by atoms with Crippen LogP contribution in [0.1, 0.15) is 34.6 Å². The standard InChI is InChI=1S/C23H21BrN4OS/c24-19-12-10-17(11-13-19)21(29)9-4-14-30-23-27-26-22(28(23)25)15-18-7-3-6-16-5-1-2-8-20(16)18/h1-3,5-8,10-13H,4,9,14-15,25H2. The van der Waals surface area contributed by atoms with E-state index < -0.39 is 0 Å². The maximum absolute atomic E-state index is 12.3. The summed E-state index contributed by atoms with van der Waals surface area (Å²) in [7, 11) is 0. The quantitative estimate of drug-likeness (QED) is 0.161. The van der Waals surface area contributed by atoms with Crippen LogP contribution in [0.3, 0.4) is 0 Å². The van der Waals surface area contributed by atoms with E-state index in [-0.39, 0.29) is 5.78 Å². The maximum atomic E-state index is 12.3. The van der Waals surface area contributed by atoms with Crippen LogP contribution in [0, 0.1) is 0 Å². The van der Waals surface area contributed by atoms with Gasteiger partial charge in [0.05, 0.1) is 0 Å². The minimum atomic E-state index is 0.147. The Hall–Kier alpha value is -2.64. The third-order valence-electron chi connectivity index (χ3n) is 4.91. The number of hydrogen-bond donors (Lipinski definition) is 1. The number of rotatable bonds is 8. The molecule has 4 rings (SSSR count). The Balaban J connectivity index is 1.34. The van der Waals surface area contributed by atoms with Crippen molar-refractivity contribution in [2.45, 2.75) is 24.4 Å². The second-order valence-corrected chi connectivity index (χ2v) is 8.94. The first-order chi connectivity index (χ1) is 14.6. The van der Waals surface area contributed by atoms with E-state index in [1.54, 1.807) is 4.68 Å². The van der Waals surface area contributed by atoms with Crippen LogP contribution in [0.25, 0.3) is 10.8 Å². The molecule has 0 saturated heterocycles. The van der Waals surface area contributed by atoms with Crippen LogP contribution in [0.2, 0.25) is 0 Å². The molecule has 0 fully saturated rings. The molecule has 2 N–H and O–H groups in total. The summed E-state index contributed by atoms with van der Waals surface area (Å²) in [4.78, 5) is 12.3. The van der Waals surface area contributed by atoms with Crippen molar-refractivity contribution < 1.29 is 4.79 Å². The predicted molar refractivity (Wildman–Crippen MR) is 125 cm³/mol. The smallest absolute Gasteiger partial charge is 0.209 e. The highest BCUT2D eigenvalue weighted by Crippen LogP contribution is 2.23. The molecule has 0 bridgehead atoms. The van der Waals surface area contributed by atoms with E-state index in [0.717, 1.165) is 28.0 Å². The zero-order valence-corrected chi connectivity index (χ0v) is 18.7. The normalized spacial score (nSPS) is 11.1. The zero-order chi connectivity index (χ0) is 20.9. The van der Waals surface area contributed by atoms with Crippen molar-refractivity contribution in [1.82, 2.24) is 14.9 Å². The largest absolute Gasteiger partial charge is 0.336 e. The average molecular weight is 481 g/mol. The van der Waals surface area contributed by atoms with Crippen molar-refractivity contribution in [1.29, 1.82) is 0 Å². The van der Waals surface area contributed by atoms with E-state index in [1.807, 2.05) is 42.5 Å². The second kappa shape index (κ2) is 9.45. The summed E-state index contributed by atoms with van der Waals surface area (Å²) in [6.45, 7) is 0. The molecule has 5 nitrogen and oxygen atoms in total. The molecule has 0 aliphatic heterocycles. The number of carbonyl (C=O) groups excluding carboxylic acids is 1. The van der Waals surface area contributed by atoms with Crippen molar-refractivity contribution in [3.8, 4) is 0 Å². The summed E-state index contributed by atoms with van der Waals surface area (Å²) in [5.74, 6) is 7.87. The topological polar surface area (TPSA) is 73.8 Å². The van der Waals surface area contributed by atoms with E-state index >= 15 is 0 Å². The minimum absolute atomic E-state index is 0.147. The molecular weight excluding hydrogens is 460 g/mol. The monoisotopic (exact) mass is 480 g/mol. The molecule has 0 spiro atoms. The van der Waals surface area contributed by atoms with E-state index in [0.29, 0.717) is 18.0 Å². The van der Waals surface area contributed by atoms with Crippen LogP contribution in [0.15, 0.2) is 76.4 Å².